The summed E-state index contributed by atoms with van der Waals surface area (Å²) in [6, 6.07) is 3.35. The minimum atomic E-state index is -3.03. The number of nitrogens with zero attached hydrogens (tertiary/aromatic N) is 3. The average molecular weight is 351 g/mol. The topological polar surface area (TPSA) is 85.4 Å². The van der Waals surface area contributed by atoms with Crippen molar-refractivity contribution in [3.8, 4) is 5.82 Å². The van der Waals surface area contributed by atoms with Gasteiger partial charge in [-0.15, -0.1) is 0 Å². The third kappa shape index (κ3) is 2.86. The van der Waals surface area contributed by atoms with Gasteiger partial charge in [-0.05, 0) is 33.3 Å². The number of amides is 1. The molecule has 3 rings (SSSR count). The molecule has 130 valence electrons. The van der Waals surface area contributed by atoms with Crippen LogP contribution in [0.25, 0.3) is 5.82 Å². The molecular formula is C16H21N3O4S. The molecule has 1 atom stereocenters. The van der Waals surface area contributed by atoms with Gasteiger partial charge >= 0.3 is 0 Å². The fourth-order valence-electron chi connectivity index (χ4n) is 3.23. The van der Waals surface area contributed by atoms with Crippen LogP contribution in [-0.2, 0) is 9.84 Å². The number of aryl methyl sites for hydroxylation is 2. The van der Waals surface area contributed by atoms with E-state index >= 15 is 0 Å². The molecule has 2 aromatic rings. The highest BCUT2D eigenvalue weighted by Gasteiger charge is 2.34. The molecule has 1 aliphatic heterocycles. The lowest BCUT2D eigenvalue weighted by Crippen LogP contribution is -2.38. The summed E-state index contributed by atoms with van der Waals surface area (Å²) in [7, 11) is -1.36. The van der Waals surface area contributed by atoms with Crippen LogP contribution in [0.2, 0.25) is 0 Å². The lowest BCUT2D eigenvalue weighted by atomic mass is 10.1. The van der Waals surface area contributed by atoms with E-state index in [0.29, 0.717) is 23.6 Å². The Morgan fingerprint density at radius 1 is 1.33 bits per heavy atom. The molecule has 0 saturated carbocycles. The van der Waals surface area contributed by atoms with Crippen molar-refractivity contribution in [2.24, 2.45) is 0 Å². The lowest BCUT2D eigenvalue weighted by molar-refractivity contribution is 0.0747. The first-order valence-electron chi connectivity index (χ1n) is 7.80. The van der Waals surface area contributed by atoms with Crippen LogP contribution in [-0.4, -0.2) is 53.5 Å². The monoisotopic (exact) mass is 351 g/mol. The minimum absolute atomic E-state index is 0.0382. The van der Waals surface area contributed by atoms with Gasteiger partial charge in [0, 0.05) is 30.5 Å². The molecule has 1 fully saturated rings. The normalized spacial score (nSPS) is 19.6. The van der Waals surface area contributed by atoms with Crippen molar-refractivity contribution in [1.29, 1.82) is 0 Å². The Balaban J connectivity index is 1.91. The number of rotatable bonds is 3. The fourth-order valence-corrected chi connectivity index (χ4v) is 5.00. The fraction of sp³-hybridized carbons (Fsp3) is 0.500. The number of hydrogen-bond acceptors (Lipinski definition) is 5. The van der Waals surface area contributed by atoms with Gasteiger partial charge in [-0.25, -0.2) is 8.42 Å². The highest BCUT2D eigenvalue weighted by molar-refractivity contribution is 7.91. The zero-order valence-corrected chi connectivity index (χ0v) is 15.1. The summed E-state index contributed by atoms with van der Waals surface area (Å²) in [4.78, 5) is 14.4. The summed E-state index contributed by atoms with van der Waals surface area (Å²) >= 11 is 0. The predicted octanol–water partition coefficient (Wildman–Crippen LogP) is 1.65. The average Bonchev–Trinajstić information content (AvgIpc) is 3.16. The number of carbonyl (C=O) groups is 1. The summed E-state index contributed by atoms with van der Waals surface area (Å²) in [5.41, 5.74) is 2.19. The van der Waals surface area contributed by atoms with E-state index in [0.717, 1.165) is 11.4 Å². The van der Waals surface area contributed by atoms with Crippen molar-refractivity contribution < 1.29 is 17.7 Å². The quantitative estimate of drug-likeness (QED) is 0.839. The summed E-state index contributed by atoms with van der Waals surface area (Å²) in [5, 5.41) is 4.01. The van der Waals surface area contributed by atoms with E-state index in [4.69, 9.17) is 4.52 Å². The van der Waals surface area contributed by atoms with Gasteiger partial charge in [0.05, 0.1) is 17.1 Å². The van der Waals surface area contributed by atoms with Gasteiger partial charge in [0.1, 0.15) is 5.76 Å². The van der Waals surface area contributed by atoms with Gasteiger partial charge in [-0.3, -0.25) is 9.36 Å². The highest BCUT2D eigenvalue weighted by Crippen LogP contribution is 2.24. The van der Waals surface area contributed by atoms with Crippen molar-refractivity contribution in [3.05, 3.63) is 34.8 Å². The number of sulfone groups is 1. The van der Waals surface area contributed by atoms with Gasteiger partial charge in [-0.2, -0.15) is 0 Å². The highest BCUT2D eigenvalue weighted by atomic mass is 32.2. The van der Waals surface area contributed by atoms with Crippen LogP contribution < -0.4 is 0 Å². The third-order valence-corrected chi connectivity index (χ3v) is 6.33. The van der Waals surface area contributed by atoms with E-state index in [-0.39, 0.29) is 23.5 Å². The van der Waals surface area contributed by atoms with Gasteiger partial charge in [0.25, 0.3) is 5.91 Å². The van der Waals surface area contributed by atoms with E-state index < -0.39 is 9.84 Å². The first-order valence-corrected chi connectivity index (χ1v) is 9.62. The van der Waals surface area contributed by atoms with Crippen molar-refractivity contribution in [2.75, 3.05) is 18.6 Å². The van der Waals surface area contributed by atoms with Gasteiger partial charge in [-0.1, -0.05) is 5.16 Å². The molecular weight excluding hydrogens is 330 g/mol. The second-order valence-corrected chi connectivity index (χ2v) is 8.62. The minimum Gasteiger partial charge on any atom is -0.360 e. The maximum atomic E-state index is 12.8. The van der Waals surface area contributed by atoms with Crippen LogP contribution in [0.1, 0.15) is 33.9 Å². The van der Waals surface area contributed by atoms with Gasteiger partial charge in [0.15, 0.2) is 15.7 Å². The van der Waals surface area contributed by atoms with Crippen molar-refractivity contribution in [2.45, 2.75) is 33.2 Å². The Bertz CT molecular complexity index is 895. The molecule has 0 N–H and O–H groups in total. The van der Waals surface area contributed by atoms with Gasteiger partial charge < -0.3 is 9.42 Å². The lowest BCUT2D eigenvalue weighted by Gasteiger charge is -2.23. The van der Waals surface area contributed by atoms with Crippen molar-refractivity contribution in [3.63, 3.8) is 0 Å². The molecule has 3 heterocycles. The van der Waals surface area contributed by atoms with Crippen LogP contribution >= 0.6 is 0 Å². The number of aromatic nitrogens is 2. The predicted molar refractivity (Wildman–Crippen MR) is 89.2 cm³/mol. The maximum absolute atomic E-state index is 12.8. The first kappa shape index (κ1) is 16.8. The molecule has 8 heteroatoms. The summed E-state index contributed by atoms with van der Waals surface area (Å²) in [6.45, 7) is 5.56. The maximum Gasteiger partial charge on any atom is 0.255 e. The van der Waals surface area contributed by atoms with E-state index in [9.17, 15) is 13.2 Å². The molecule has 1 amide bonds. The smallest absolute Gasteiger partial charge is 0.255 e. The second-order valence-electron chi connectivity index (χ2n) is 6.39. The Labute approximate surface area is 141 Å². The summed E-state index contributed by atoms with van der Waals surface area (Å²) in [6.07, 6.45) is 0.492. The van der Waals surface area contributed by atoms with Crippen LogP contribution in [0.5, 0.6) is 0 Å². The van der Waals surface area contributed by atoms with Crippen LogP contribution in [0, 0.1) is 20.8 Å². The SMILES string of the molecule is Cc1cc(-n2c(C)cc(C(=O)N(C)[C@@H]3CCS(=O)(=O)C3)c2C)no1. The van der Waals surface area contributed by atoms with E-state index in [1.54, 1.807) is 11.9 Å². The van der Waals surface area contributed by atoms with Crippen LogP contribution in [0.3, 0.4) is 0 Å². The molecule has 1 aliphatic rings. The summed E-state index contributed by atoms with van der Waals surface area (Å²) < 4.78 is 30.3. The Morgan fingerprint density at radius 3 is 2.58 bits per heavy atom. The Kier molecular flexibility index (Phi) is 4.03. The van der Waals surface area contributed by atoms with E-state index in [1.807, 2.05) is 37.5 Å². The summed E-state index contributed by atoms with van der Waals surface area (Å²) in [5.74, 6) is 1.34. The van der Waals surface area contributed by atoms with Crippen LogP contribution in [0.15, 0.2) is 16.7 Å². The van der Waals surface area contributed by atoms with Crippen molar-refractivity contribution in [1.82, 2.24) is 14.6 Å². The van der Waals surface area contributed by atoms with E-state index in [2.05, 4.69) is 5.16 Å². The van der Waals surface area contributed by atoms with E-state index in [1.165, 1.54) is 0 Å². The Morgan fingerprint density at radius 2 is 2.04 bits per heavy atom. The molecule has 24 heavy (non-hydrogen) atoms. The molecule has 7 nitrogen and oxygen atoms in total. The van der Waals surface area contributed by atoms with Gasteiger partial charge in [0.2, 0.25) is 0 Å². The molecule has 0 aliphatic carbocycles. The zero-order chi connectivity index (χ0) is 17.6. The standard InChI is InChI=1S/C16H21N3O4S/c1-10-7-14(12(3)19(10)15-8-11(2)23-17-15)16(20)18(4)13-5-6-24(21,22)9-13/h7-8,13H,5-6,9H2,1-4H3/t13-/m1/s1. The Hall–Kier alpha value is -2.09. The number of carbonyl (C=O) groups excluding carboxylic acids is 1. The molecule has 0 spiro atoms. The number of hydrogen-bond donors (Lipinski definition) is 0. The zero-order valence-electron chi connectivity index (χ0n) is 14.2. The molecule has 0 radical (unpaired) electrons. The third-order valence-electron chi connectivity index (χ3n) is 4.58. The van der Waals surface area contributed by atoms with Crippen LogP contribution in [0.4, 0.5) is 0 Å². The molecule has 2 aromatic heterocycles. The molecule has 1 saturated heterocycles. The van der Waals surface area contributed by atoms with Crippen molar-refractivity contribution >= 4 is 15.7 Å². The largest absolute Gasteiger partial charge is 0.360 e. The second kappa shape index (κ2) is 5.77. The molecule has 0 aromatic carbocycles. The first-order chi connectivity index (χ1) is 11.2. The molecule has 0 bridgehead atoms. The molecule has 0 unspecified atom stereocenters.